The van der Waals surface area contributed by atoms with E-state index >= 15 is 0 Å². The van der Waals surface area contributed by atoms with Gasteiger partial charge < -0.3 is 4.74 Å². The third kappa shape index (κ3) is 4.85. The molecule has 0 radical (unpaired) electrons. The Morgan fingerprint density at radius 1 is 1.03 bits per heavy atom. The Morgan fingerprint density at radius 3 is 2.55 bits per heavy atom. The fraction of sp³-hybridized carbons (Fsp3) is 0.364. The highest BCUT2D eigenvalue weighted by atomic mass is 32.2. The zero-order valence-corrected chi connectivity index (χ0v) is 19.1. The molecule has 7 nitrogen and oxygen atoms in total. The van der Waals surface area contributed by atoms with Crippen molar-refractivity contribution in [1.82, 2.24) is 19.1 Å². The topological polar surface area (TPSA) is 77.3 Å². The van der Waals surface area contributed by atoms with Crippen molar-refractivity contribution in [1.29, 1.82) is 0 Å². The van der Waals surface area contributed by atoms with Crippen LogP contribution in [0.4, 0.5) is 0 Å². The molecule has 0 amide bonds. The molecule has 0 saturated carbocycles. The number of nitrogens with zero attached hydrogens (tertiary/aromatic N) is 4. The van der Waals surface area contributed by atoms with Crippen LogP contribution in [0.25, 0.3) is 17.1 Å². The summed E-state index contributed by atoms with van der Waals surface area (Å²) in [5, 5.41) is 9.57. The minimum Gasteiger partial charge on any atom is -0.381 e. The lowest BCUT2D eigenvalue weighted by molar-refractivity contribution is 0.164. The highest BCUT2D eigenvalue weighted by Gasteiger charge is 2.28. The van der Waals surface area contributed by atoms with E-state index in [2.05, 4.69) is 10.2 Å². The first-order valence-electron chi connectivity index (χ1n) is 10.4. The van der Waals surface area contributed by atoms with E-state index in [-0.39, 0.29) is 0 Å². The minimum atomic E-state index is -3.51. The highest BCUT2D eigenvalue weighted by Crippen LogP contribution is 2.30. The first-order valence-corrected chi connectivity index (χ1v) is 12.9. The van der Waals surface area contributed by atoms with Gasteiger partial charge in [0.2, 0.25) is 10.0 Å². The lowest BCUT2D eigenvalue weighted by atomic mass is 10.2. The molecule has 1 aliphatic heterocycles. The van der Waals surface area contributed by atoms with Crippen molar-refractivity contribution in [2.24, 2.45) is 0 Å². The van der Waals surface area contributed by atoms with E-state index in [0.29, 0.717) is 42.6 Å². The summed E-state index contributed by atoms with van der Waals surface area (Å²) in [4.78, 5) is 0.292. The Hall–Kier alpha value is -2.20. The van der Waals surface area contributed by atoms with Crippen LogP contribution in [0.3, 0.4) is 0 Å². The minimum absolute atomic E-state index is 0.292. The maximum atomic E-state index is 13.0. The third-order valence-corrected chi connectivity index (χ3v) is 7.89. The van der Waals surface area contributed by atoms with E-state index in [9.17, 15) is 8.42 Å². The van der Waals surface area contributed by atoms with Gasteiger partial charge in [0.1, 0.15) is 0 Å². The van der Waals surface area contributed by atoms with Crippen molar-refractivity contribution in [3.8, 4) is 17.1 Å². The van der Waals surface area contributed by atoms with Gasteiger partial charge in [-0.25, -0.2) is 8.42 Å². The molecule has 3 aromatic rings. The average Bonchev–Trinajstić information content (AvgIpc) is 3.48. The molecular formula is C22H26N4O3S2. The third-order valence-electron chi connectivity index (χ3n) is 5.11. The van der Waals surface area contributed by atoms with Crippen LogP contribution >= 0.6 is 11.8 Å². The van der Waals surface area contributed by atoms with Gasteiger partial charge in [-0.2, -0.15) is 4.31 Å². The van der Waals surface area contributed by atoms with Gasteiger partial charge in [0.15, 0.2) is 11.0 Å². The summed E-state index contributed by atoms with van der Waals surface area (Å²) in [6.07, 6.45) is 1.81. The summed E-state index contributed by atoms with van der Waals surface area (Å²) < 4.78 is 35.1. The van der Waals surface area contributed by atoms with Crippen molar-refractivity contribution in [2.45, 2.75) is 29.8 Å². The molecule has 1 aromatic heterocycles. The normalized spacial score (nSPS) is 14.9. The Bertz CT molecular complexity index is 1110. The van der Waals surface area contributed by atoms with Crippen LogP contribution in [0.1, 0.15) is 19.8 Å². The van der Waals surface area contributed by atoms with Gasteiger partial charge in [-0.05, 0) is 44.0 Å². The molecule has 1 saturated heterocycles. The van der Waals surface area contributed by atoms with Gasteiger partial charge in [-0.15, -0.1) is 10.2 Å². The summed E-state index contributed by atoms with van der Waals surface area (Å²) >= 11 is 1.57. The summed E-state index contributed by atoms with van der Waals surface area (Å²) in [6, 6.07) is 16.9. The van der Waals surface area contributed by atoms with Gasteiger partial charge >= 0.3 is 0 Å². The average molecular weight is 459 g/mol. The second-order valence-corrected chi connectivity index (χ2v) is 10.2. The lowest BCUT2D eigenvalue weighted by Crippen LogP contribution is -2.27. The van der Waals surface area contributed by atoms with Gasteiger partial charge in [0.05, 0.1) is 11.5 Å². The van der Waals surface area contributed by atoms with E-state index < -0.39 is 10.0 Å². The number of sulfonamides is 1. The lowest BCUT2D eigenvalue weighted by Gasteiger charge is -2.16. The van der Waals surface area contributed by atoms with E-state index in [1.165, 1.54) is 0 Å². The van der Waals surface area contributed by atoms with Crippen molar-refractivity contribution in [3.63, 3.8) is 0 Å². The van der Waals surface area contributed by atoms with Gasteiger partial charge in [0, 0.05) is 36.7 Å². The first-order chi connectivity index (χ1) is 15.1. The molecule has 4 rings (SSSR count). The Labute approximate surface area is 187 Å². The second-order valence-electron chi connectivity index (χ2n) is 7.16. The molecule has 2 aromatic carbocycles. The molecule has 2 heterocycles. The van der Waals surface area contributed by atoms with Crippen LogP contribution < -0.4 is 0 Å². The number of hydrogen-bond acceptors (Lipinski definition) is 6. The molecular weight excluding hydrogens is 432 g/mol. The summed E-state index contributed by atoms with van der Waals surface area (Å²) in [6.45, 7) is 4.43. The monoisotopic (exact) mass is 458 g/mol. The Balaban J connectivity index is 1.72. The number of benzene rings is 2. The molecule has 0 atom stereocenters. The summed E-state index contributed by atoms with van der Waals surface area (Å²) in [5.41, 5.74) is 1.64. The summed E-state index contributed by atoms with van der Waals surface area (Å²) in [5.74, 6) is 1.37. The standard InChI is InChI=1S/C22H26N4O3S2/c1-2-29-15-16-30-22-24-23-21(26(22)19-10-4-3-5-11-19)18-9-8-12-20(17-18)31(27,28)25-13-6-7-14-25/h3-5,8-12,17H,2,6-7,13-16H2,1H3. The van der Waals surface area contributed by atoms with Crippen LogP contribution in [0, 0.1) is 0 Å². The van der Waals surface area contributed by atoms with Crippen LogP contribution in [-0.2, 0) is 14.8 Å². The fourth-order valence-corrected chi connectivity index (χ4v) is 5.94. The van der Waals surface area contributed by atoms with Crippen molar-refractivity contribution >= 4 is 21.8 Å². The Kier molecular flexibility index (Phi) is 7.06. The second kappa shape index (κ2) is 9.95. The SMILES string of the molecule is CCOCCSc1nnc(-c2cccc(S(=O)(=O)N3CCCC3)c2)n1-c1ccccc1. The van der Waals surface area contributed by atoms with E-state index in [4.69, 9.17) is 4.74 Å². The van der Waals surface area contributed by atoms with E-state index in [1.54, 1.807) is 34.3 Å². The molecule has 0 N–H and O–H groups in total. The molecule has 0 spiro atoms. The van der Waals surface area contributed by atoms with Crippen LogP contribution in [0.2, 0.25) is 0 Å². The zero-order valence-electron chi connectivity index (χ0n) is 17.5. The van der Waals surface area contributed by atoms with E-state index in [1.807, 2.05) is 47.9 Å². The molecule has 0 bridgehead atoms. The maximum Gasteiger partial charge on any atom is 0.243 e. The van der Waals surface area contributed by atoms with Crippen LogP contribution in [-0.4, -0.2) is 59.5 Å². The predicted molar refractivity (Wildman–Crippen MR) is 122 cm³/mol. The largest absolute Gasteiger partial charge is 0.381 e. The fourth-order valence-electron chi connectivity index (χ4n) is 3.57. The van der Waals surface area contributed by atoms with Gasteiger partial charge in [-0.1, -0.05) is 42.1 Å². The molecule has 1 fully saturated rings. The number of rotatable bonds is 9. The molecule has 1 aliphatic rings. The van der Waals surface area contributed by atoms with Crippen molar-refractivity contribution < 1.29 is 13.2 Å². The number of ether oxygens (including phenoxy) is 1. The Morgan fingerprint density at radius 2 is 1.81 bits per heavy atom. The van der Waals surface area contributed by atoms with Gasteiger partial charge in [-0.3, -0.25) is 4.57 Å². The zero-order chi connectivity index (χ0) is 21.7. The van der Waals surface area contributed by atoms with Crippen LogP contribution in [0.15, 0.2) is 64.6 Å². The van der Waals surface area contributed by atoms with Gasteiger partial charge in [0.25, 0.3) is 0 Å². The molecule has 31 heavy (non-hydrogen) atoms. The molecule has 0 aliphatic carbocycles. The number of para-hydroxylation sites is 1. The molecule has 0 unspecified atom stereocenters. The van der Waals surface area contributed by atoms with Crippen LogP contribution in [0.5, 0.6) is 0 Å². The highest BCUT2D eigenvalue weighted by molar-refractivity contribution is 7.99. The van der Waals surface area contributed by atoms with Crippen molar-refractivity contribution in [2.75, 3.05) is 32.1 Å². The number of hydrogen-bond donors (Lipinski definition) is 0. The maximum absolute atomic E-state index is 13.0. The predicted octanol–water partition coefficient (Wildman–Crippen LogP) is 3.85. The first kappa shape index (κ1) is 22.0. The number of aromatic nitrogens is 3. The number of thioether (sulfide) groups is 1. The van der Waals surface area contributed by atoms with Crippen molar-refractivity contribution in [3.05, 3.63) is 54.6 Å². The summed E-state index contributed by atoms with van der Waals surface area (Å²) in [7, 11) is -3.51. The quantitative estimate of drug-likeness (QED) is 0.358. The molecule has 9 heteroatoms. The van der Waals surface area contributed by atoms with E-state index in [0.717, 1.165) is 29.4 Å². The smallest absolute Gasteiger partial charge is 0.243 e. The molecule has 164 valence electrons.